The summed E-state index contributed by atoms with van der Waals surface area (Å²) in [6, 6.07) is 8.26. The number of hydrogen-bond acceptors (Lipinski definition) is 6. The third-order valence-corrected chi connectivity index (χ3v) is 8.04. The van der Waals surface area contributed by atoms with Crippen molar-refractivity contribution in [1.29, 1.82) is 0 Å². The number of H-pyrrole nitrogens is 1. The summed E-state index contributed by atoms with van der Waals surface area (Å²) < 4.78 is 0. The van der Waals surface area contributed by atoms with E-state index in [1.165, 1.54) is 28.7 Å². The first kappa shape index (κ1) is 24.5. The minimum atomic E-state index is -0.252. The summed E-state index contributed by atoms with van der Waals surface area (Å²) in [5.41, 5.74) is 3.28. The number of rotatable bonds is 10. The molecule has 0 aliphatic carbocycles. The highest BCUT2D eigenvalue weighted by molar-refractivity contribution is 7.99. The van der Waals surface area contributed by atoms with Gasteiger partial charge in [0.15, 0.2) is 0 Å². The fourth-order valence-corrected chi connectivity index (χ4v) is 5.37. The van der Waals surface area contributed by atoms with Gasteiger partial charge in [0.25, 0.3) is 5.56 Å². The summed E-state index contributed by atoms with van der Waals surface area (Å²) in [5, 5.41) is 3.49. The quantitative estimate of drug-likeness (QED) is 0.458. The Morgan fingerprint density at radius 1 is 1.22 bits per heavy atom. The molecule has 3 aromatic rings. The minimum absolute atomic E-state index is 0.0149. The Labute approximate surface area is 197 Å². The number of aromatic amines is 1. The van der Waals surface area contributed by atoms with Crippen molar-refractivity contribution < 1.29 is 4.79 Å². The predicted octanol–water partition coefficient (Wildman–Crippen LogP) is 4.38. The SMILES string of the molecule is CCN(CC)Cc1ccccc1CNC(=O)C(C)SCc1nc2sc(C)c(C)c2c(=O)[nH]1. The van der Waals surface area contributed by atoms with E-state index in [0.717, 1.165) is 40.5 Å². The Kier molecular flexibility index (Phi) is 8.51. The van der Waals surface area contributed by atoms with Gasteiger partial charge in [-0.15, -0.1) is 23.1 Å². The molecular weight excluding hydrogens is 440 g/mol. The standard InChI is InChI=1S/C24H32N4O2S2/c1-6-28(7-2)13-19-11-9-8-10-18(19)12-25-22(29)17(5)31-14-20-26-23(30)21-15(3)16(4)32-24(21)27-20/h8-11,17H,6-7,12-14H2,1-5H3,(H,25,29)(H,26,27,30). The van der Waals surface area contributed by atoms with Crippen molar-refractivity contribution in [2.75, 3.05) is 13.1 Å². The van der Waals surface area contributed by atoms with Crippen LogP contribution < -0.4 is 10.9 Å². The van der Waals surface area contributed by atoms with Gasteiger partial charge >= 0.3 is 0 Å². The van der Waals surface area contributed by atoms with Crippen LogP contribution >= 0.6 is 23.1 Å². The van der Waals surface area contributed by atoms with Crippen LogP contribution in [0.3, 0.4) is 0 Å². The number of carbonyl (C=O) groups is 1. The molecule has 0 radical (unpaired) electrons. The largest absolute Gasteiger partial charge is 0.351 e. The second-order valence-electron chi connectivity index (χ2n) is 7.88. The number of carbonyl (C=O) groups excluding carboxylic acids is 1. The van der Waals surface area contributed by atoms with Crippen molar-refractivity contribution in [1.82, 2.24) is 20.2 Å². The van der Waals surface area contributed by atoms with Crippen LogP contribution in [0.4, 0.5) is 0 Å². The maximum Gasteiger partial charge on any atom is 0.259 e. The van der Waals surface area contributed by atoms with E-state index in [1.54, 1.807) is 0 Å². The van der Waals surface area contributed by atoms with Gasteiger partial charge in [0.2, 0.25) is 5.91 Å². The van der Waals surface area contributed by atoms with Gasteiger partial charge in [-0.2, -0.15) is 0 Å². The van der Waals surface area contributed by atoms with Crippen molar-refractivity contribution in [2.24, 2.45) is 0 Å². The molecule has 1 aromatic carbocycles. The van der Waals surface area contributed by atoms with Crippen LogP contribution in [0.1, 0.15) is 48.2 Å². The Bertz CT molecular complexity index is 1130. The topological polar surface area (TPSA) is 78.1 Å². The average Bonchev–Trinajstić information content (AvgIpc) is 3.08. The zero-order valence-electron chi connectivity index (χ0n) is 19.4. The van der Waals surface area contributed by atoms with Crippen molar-refractivity contribution in [2.45, 2.75) is 58.7 Å². The highest BCUT2D eigenvalue weighted by Crippen LogP contribution is 2.26. The number of thiophene rings is 1. The maximum absolute atomic E-state index is 12.7. The number of thioether (sulfide) groups is 1. The van der Waals surface area contributed by atoms with E-state index < -0.39 is 0 Å². The molecule has 1 atom stereocenters. The van der Waals surface area contributed by atoms with E-state index >= 15 is 0 Å². The molecule has 1 amide bonds. The number of hydrogen-bond donors (Lipinski definition) is 2. The molecule has 0 spiro atoms. The first-order valence-electron chi connectivity index (χ1n) is 11.0. The number of nitrogens with zero attached hydrogens (tertiary/aromatic N) is 2. The summed E-state index contributed by atoms with van der Waals surface area (Å²) in [7, 11) is 0. The third kappa shape index (κ3) is 5.79. The Morgan fingerprint density at radius 2 is 1.91 bits per heavy atom. The van der Waals surface area contributed by atoms with Crippen LogP contribution in [-0.2, 0) is 23.6 Å². The van der Waals surface area contributed by atoms with Gasteiger partial charge in [-0.3, -0.25) is 14.5 Å². The number of nitrogens with one attached hydrogen (secondary N) is 2. The molecule has 3 rings (SSSR count). The molecule has 0 fully saturated rings. The molecule has 1 unspecified atom stereocenters. The highest BCUT2D eigenvalue weighted by atomic mass is 32.2. The minimum Gasteiger partial charge on any atom is -0.351 e. The smallest absolute Gasteiger partial charge is 0.259 e. The fourth-order valence-electron chi connectivity index (χ4n) is 3.55. The van der Waals surface area contributed by atoms with Gasteiger partial charge in [-0.1, -0.05) is 38.1 Å². The molecule has 2 heterocycles. The summed E-state index contributed by atoms with van der Waals surface area (Å²) in [6.07, 6.45) is 0. The first-order chi connectivity index (χ1) is 15.3. The van der Waals surface area contributed by atoms with Gasteiger partial charge in [-0.25, -0.2) is 4.98 Å². The molecule has 0 saturated carbocycles. The normalized spacial score (nSPS) is 12.4. The second kappa shape index (κ2) is 11.1. The lowest BCUT2D eigenvalue weighted by Gasteiger charge is -2.20. The predicted molar refractivity (Wildman–Crippen MR) is 135 cm³/mol. The van der Waals surface area contributed by atoms with Gasteiger partial charge in [0, 0.05) is 18.0 Å². The van der Waals surface area contributed by atoms with E-state index in [2.05, 4.69) is 46.2 Å². The van der Waals surface area contributed by atoms with E-state index in [-0.39, 0.29) is 16.7 Å². The molecule has 0 saturated heterocycles. The van der Waals surface area contributed by atoms with Crippen LogP contribution in [0, 0.1) is 13.8 Å². The lowest BCUT2D eigenvalue weighted by molar-refractivity contribution is -0.120. The number of amides is 1. The van der Waals surface area contributed by atoms with Crippen LogP contribution in [0.5, 0.6) is 0 Å². The monoisotopic (exact) mass is 472 g/mol. The van der Waals surface area contributed by atoms with Gasteiger partial charge in [0.1, 0.15) is 10.7 Å². The lowest BCUT2D eigenvalue weighted by Crippen LogP contribution is -2.31. The maximum atomic E-state index is 12.7. The van der Waals surface area contributed by atoms with Crippen LogP contribution in [-0.4, -0.2) is 39.1 Å². The summed E-state index contributed by atoms with van der Waals surface area (Å²) in [4.78, 5) is 36.8. The molecule has 8 heteroatoms. The van der Waals surface area contributed by atoms with Crippen molar-refractivity contribution >= 4 is 39.2 Å². The molecule has 2 N–H and O–H groups in total. The highest BCUT2D eigenvalue weighted by Gasteiger charge is 2.16. The third-order valence-electron chi connectivity index (χ3n) is 5.79. The van der Waals surface area contributed by atoms with E-state index in [9.17, 15) is 9.59 Å². The molecule has 172 valence electrons. The number of fused-ring (bicyclic) bond motifs is 1. The summed E-state index contributed by atoms with van der Waals surface area (Å²) in [5.74, 6) is 1.07. The van der Waals surface area contributed by atoms with Crippen LogP contribution in [0.15, 0.2) is 29.1 Å². The fraction of sp³-hybridized carbons (Fsp3) is 0.458. The van der Waals surface area contributed by atoms with E-state index in [1.807, 2.05) is 32.9 Å². The zero-order chi connectivity index (χ0) is 23.3. The number of aromatic nitrogens is 2. The van der Waals surface area contributed by atoms with Crippen molar-refractivity contribution in [3.8, 4) is 0 Å². The van der Waals surface area contributed by atoms with E-state index in [4.69, 9.17) is 0 Å². The first-order valence-corrected chi connectivity index (χ1v) is 12.9. The lowest BCUT2D eigenvalue weighted by atomic mass is 10.1. The van der Waals surface area contributed by atoms with Gasteiger partial charge in [-0.05, 0) is 50.6 Å². The number of aryl methyl sites for hydroxylation is 2. The summed E-state index contributed by atoms with van der Waals surface area (Å²) in [6.45, 7) is 13.5. The Balaban J connectivity index is 1.58. The van der Waals surface area contributed by atoms with Gasteiger partial charge < -0.3 is 10.3 Å². The summed E-state index contributed by atoms with van der Waals surface area (Å²) >= 11 is 3.01. The average molecular weight is 473 g/mol. The molecule has 0 aliphatic rings. The molecule has 2 aromatic heterocycles. The second-order valence-corrected chi connectivity index (χ2v) is 10.4. The number of benzene rings is 1. The van der Waals surface area contributed by atoms with Gasteiger partial charge in [0.05, 0.1) is 16.4 Å². The molecule has 0 aliphatic heterocycles. The molecular formula is C24H32N4O2S2. The Morgan fingerprint density at radius 3 is 2.59 bits per heavy atom. The van der Waals surface area contributed by atoms with Crippen LogP contribution in [0.25, 0.3) is 10.2 Å². The Hall–Kier alpha value is -2.16. The van der Waals surface area contributed by atoms with Crippen molar-refractivity contribution in [3.05, 3.63) is 62.0 Å². The van der Waals surface area contributed by atoms with Crippen LogP contribution in [0.2, 0.25) is 0 Å². The molecule has 0 bridgehead atoms. The van der Waals surface area contributed by atoms with Crippen molar-refractivity contribution in [3.63, 3.8) is 0 Å². The molecule has 32 heavy (non-hydrogen) atoms. The van der Waals surface area contributed by atoms with E-state index in [0.29, 0.717) is 23.5 Å². The molecule has 6 nitrogen and oxygen atoms in total. The zero-order valence-corrected chi connectivity index (χ0v) is 21.1.